The van der Waals surface area contributed by atoms with Gasteiger partial charge in [0, 0.05) is 19.3 Å². The van der Waals surface area contributed by atoms with Gasteiger partial charge in [-0.2, -0.15) is 8.78 Å². The molecule has 2 aromatic rings. The van der Waals surface area contributed by atoms with Gasteiger partial charge in [0.05, 0.1) is 5.56 Å². The number of thioether (sulfide) groups is 1. The number of alkyl halides is 2. The molecule has 0 radical (unpaired) electrons. The number of nitrogens with zero attached hydrogens (tertiary/aromatic N) is 2. The second kappa shape index (κ2) is 7.69. The van der Waals surface area contributed by atoms with Gasteiger partial charge in [-0.1, -0.05) is 6.07 Å². The van der Waals surface area contributed by atoms with Crippen molar-refractivity contribution in [2.45, 2.75) is 24.3 Å². The third kappa shape index (κ3) is 4.01. The molecular weight excluding hydrogens is 350 g/mol. The smallest absolute Gasteiger partial charge is 0.290 e. The molecule has 0 atom stereocenters. The van der Waals surface area contributed by atoms with E-state index < -0.39 is 5.76 Å². The molecule has 132 valence electrons. The first-order valence-corrected chi connectivity index (χ1v) is 8.54. The van der Waals surface area contributed by atoms with E-state index in [1.807, 2.05) is 19.1 Å². The van der Waals surface area contributed by atoms with Crippen LogP contribution in [0, 0.1) is 0 Å². The summed E-state index contributed by atoms with van der Waals surface area (Å²) in [6.07, 6.45) is 1.40. The molecule has 1 aromatic carbocycles. The number of aromatic nitrogens is 1. The highest BCUT2D eigenvalue weighted by Crippen LogP contribution is 2.33. The number of fused-ring (bicyclic) bond motifs is 1. The van der Waals surface area contributed by atoms with Gasteiger partial charge in [0.15, 0.2) is 11.5 Å². The second-order valence-electron chi connectivity index (χ2n) is 5.24. The molecular formula is C17H16F2N2O3S. The summed E-state index contributed by atoms with van der Waals surface area (Å²) in [5, 5.41) is 0.0339. The normalized spacial score (nSPS) is 12.5. The zero-order chi connectivity index (χ0) is 17.8. The number of rotatable bonds is 6. The second-order valence-corrected chi connectivity index (χ2v) is 6.22. The highest BCUT2D eigenvalue weighted by Gasteiger charge is 2.22. The van der Waals surface area contributed by atoms with Gasteiger partial charge < -0.3 is 14.4 Å². The third-order valence-corrected chi connectivity index (χ3v) is 4.41. The number of ether oxygens (including phenoxy) is 2. The fourth-order valence-electron chi connectivity index (χ4n) is 2.49. The molecule has 1 aliphatic rings. The van der Waals surface area contributed by atoms with E-state index in [2.05, 4.69) is 4.98 Å². The Hall–Kier alpha value is -2.35. The summed E-state index contributed by atoms with van der Waals surface area (Å²) < 4.78 is 36.0. The number of amides is 1. The molecule has 5 nitrogen and oxygen atoms in total. The van der Waals surface area contributed by atoms with Crippen LogP contribution in [0.25, 0.3) is 0 Å². The van der Waals surface area contributed by atoms with Crippen LogP contribution in [-0.4, -0.2) is 34.9 Å². The number of pyridine rings is 1. The van der Waals surface area contributed by atoms with Gasteiger partial charge in [-0.25, -0.2) is 4.98 Å². The molecule has 0 bridgehead atoms. The van der Waals surface area contributed by atoms with Crippen LogP contribution in [0.3, 0.4) is 0 Å². The number of hydrogen-bond acceptors (Lipinski definition) is 5. The summed E-state index contributed by atoms with van der Waals surface area (Å²) in [6.45, 7) is 2.78. The van der Waals surface area contributed by atoms with Gasteiger partial charge in [-0.3, -0.25) is 4.79 Å². The van der Waals surface area contributed by atoms with Crippen molar-refractivity contribution in [3.63, 3.8) is 0 Å². The van der Waals surface area contributed by atoms with E-state index >= 15 is 0 Å². The highest BCUT2D eigenvalue weighted by molar-refractivity contribution is 7.99. The van der Waals surface area contributed by atoms with Gasteiger partial charge in [0.25, 0.3) is 11.7 Å². The van der Waals surface area contributed by atoms with Gasteiger partial charge in [0.1, 0.15) is 5.03 Å². The molecule has 1 amide bonds. The number of carbonyl (C=O) groups excluding carboxylic acids is 1. The number of hydrogen-bond donors (Lipinski definition) is 0. The van der Waals surface area contributed by atoms with Gasteiger partial charge in [0.2, 0.25) is 6.79 Å². The van der Waals surface area contributed by atoms with Crippen molar-refractivity contribution in [2.75, 3.05) is 13.3 Å². The Kier molecular flexibility index (Phi) is 5.37. The fraction of sp³-hybridized carbons (Fsp3) is 0.294. The van der Waals surface area contributed by atoms with Crippen LogP contribution in [0.1, 0.15) is 22.8 Å². The number of benzene rings is 1. The monoisotopic (exact) mass is 366 g/mol. The van der Waals surface area contributed by atoms with E-state index in [0.717, 1.165) is 5.56 Å². The molecule has 0 saturated heterocycles. The van der Waals surface area contributed by atoms with Crippen LogP contribution in [0.5, 0.6) is 11.5 Å². The summed E-state index contributed by atoms with van der Waals surface area (Å²) in [5.74, 6) is -1.67. The molecule has 0 unspecified atom stereocenters. The van der Waals surface area contributed by atoms with Crippen molar-refractivity contribution < 1.29 is 23.0 Å². The Morgan fingerprint density at radius 2 is 2.12 bits per heavy atom. The molecule has 25 heavy (non-hydrogen) atoms. The zero-order valence-corrected chi connectivity index (χ0v) is 14.3. The molecule has 1 aromatic heterocycles. The number of carbonyl (C=O) groups is 1. The maximum atomic E-state index is 12.8. The van der Waals surface area contributed by atoms with Crippen LogP contribution >= 0.6 is 11.8 Å². The average molecular weight is 366 g/mol. The summed E-state index contributed by atoms with van der Waals surface area (Å²) in [5.41, 5.74) is 1.04. The van der Waals surface area contributed by atoms with Crippen molar-refractivity contribution in [3.05, 3.63) is 47.7 Å². The summed E-state index contributed by atoms with van der Waals surface area (Å²) in [6, 6.07) is 8.54. The molecule has 2 heterocycles. The lowest BCUT2D eigenvalue weighted by Gasteiger charge is -2.22. The quantitative estimate of drug-likeness (QED) is 0.728. The van der Waals surface area contributed by atoms with Crippen LogP contribution in [0.2, 0.25) is 0 Å². The predicted molar refractivity (Wildman–Crippen MR) is 89.1 cm³/mol. The van der Waals surface area contributed by atoms with E-state index in [0.29, 0.717) is 24.6 Å². The molecule has 0 spiro atoms. The average Bonchev–Trinajstić information content (AvgIpc) is 3.07. The van der Waals surface area contributed by atoms with E-state index in [-0.39, 0.29) is 35.1 Å². The molecule has 3 rings (SSSR count). The minimum absolute atomic E-state index is 0.0339. The van der Waals surface area contributed by atoms with Crippen LogP contribution in [-0.2, 0) is 6.54 Å². The molecule has 0 N–H and O–H groups in total. The number of halogens is 2. The van der Waals surface area contributed by atoms with E-state index in [1.165, 1.54) is 12.3 Å². The van der Waals surface area contributed by atoms with Gasteiger partial charge >= 0.3 is 0 Å². The largest absolute Gasteiger partial charge is 0.454 e. The van der Waals surface area contributed by atoms with Crippen molar-refractivity contribution in [2.24, 2.45) is 0 Å². The predicted octanol–water partition coefficient (Wildman–Crippen LogP) is 3.79. The Bertz CT molecular complexity index is 773. The zero-order valence-electron chi connectivity index (χ0n) is 13.4. The minimum Gasteiger partial charge on any atom is -0.454 e. The SMILES string of the molecule is CCN(Cc1ccc2c(c1)OCO2)C(=O)c1cccnc1SC(F)F. The Labute approximate surface area is 147 Å². The first kappa shape index (κ1) is 17.5. The van der Waals surface area contributed by atoms with Crippen LogP contribution < -0.4 is 9.47 Å². The summed E-state index contributed by atoms with van der Waals surface area (Å²) >= 11 is 0.275. The Morgan fingerprint density at radius 1 is 1.32 bits per heavy atom. The fourth-order valence-corrected chi connectivity index (χ4v) is 3.06. The van der Waals surface area contributed by atoms with E-state index in [1.54, 1.807) is 17.0 Å². The maximum Gasteiger partial charge on any atom is 0.290 e. The first-order chi connectivity index (χ1) is 12.1. The lowest BCUT2D eigenvalue weighted by molar-refractivity contribution is 0.0748. The first-order valence-electron chi connectivity index (χ1n) is 7.66. The third-order valence-electron chi connectivity index (χ3n) is 3.68. The standard InChI is InChI=1S/C17H16F2N2O3S/c1-2-21(9-11-5-6-13-14(8-11)24-10-23-13)16(22)12-4-3-7-20-15(12)25-17(18)19/h3-8,17H,2,9-10H2,1H3. The maximum absolute atomic E-state index is 12.8. The van der Waals surface area contributed by atoms with Crippen LogP contribution in [0.15, 0.2) is 41.6 Å². The van der Waals surface area contributed by atoms with Gasteiger partial charge in [-0.05, 0) is 48.5 Å². The van der Waals surface area contributed by atoms with Crippen LogP contribution in [0.4, 0.5) is 8.78 Å². The van der Waals surface area contributed by atoms with Gasteiger partial charge in [-0.15, -0.1) is 0 Å². The van der Waals surface area contributed by atoms with E-state index in [4.69, 9.17) is 9.47 Å². The van der Waals surface area contributed by atoms with Crippen molar-refractivity contribution in [1.82, 2.24) is 9.88 Å². The topological polar surface area (TPSA) is 51.7 Å². The summed E-state index contributed by atoms with van der Waals surface area (Å²) in [4.78, 5) is 18.3. The molecule has 0 aliphatic carbocycles. The van der Waals surface area contributed by atoms with E-state index in [9.17, 15) is 13.6 Å². The Morgan fingerprint density at radius 3 is 2.88 bits per heavy atom. The molecule has 0 saturated carbocycles. The molecule has 0 fully saturated rings. The Balaban J connectivity index is 1.80. The lowest BCUT2D eigenvalue weighted by Crippen LogP contribution is -2.30. The lowest BCUT2D eigenvalue weighted by atomic mass is 10.1. The van der Waals surface area contributed by atoms with Crippen molar-refractivity contribution in [1.29, 1.82) is 0 Å². The minimum atomic E-state index is -2.63. The molecule has 1 aliphatic heterocycles. The van der Waals surface area contributed by atoms with Crippen molar-refractivity contribution in [3.8, 4) is 11.5 Å². The molecule has 8 heteroatoms. The van der Waals surface area contributed by atoms with Crippen molar-refractivity contribution >= 4 is 17.7 Å². The summed E-state index contributed by atoms with van der Waals surface area (Å²) in [7, 11) is 0. The highest BCUT2D eigenvalue weighted by atomic mass is 32.2.